The zero-order chi connectivity index (χ0) is 12.6. The number of thiocarbonyl (C=S) groups is 1. The SMILES string of the molecule is CC1C(=O)NCCN1C(=O)C1(C(N)=S)CCC1. The van der Waals surface area contributed by atoms with Crippen LogP contribution in [0.3, 0.4) is 0 Å². The van der Waals surface area contributed by atoms with Gasteiger partial charge in [-0.25, -0.2) is 0 Å². The fraction of sp³-hybridized carbons (Fsp3) is 0.727. The molecule has 0 aromatic heterocycles. The summed E-state index contributed by atoms with van der Waals surface area (Å²) >= 11 is 5.02. The van der Waals surface area contributed by atoms with Crippen molar-refractivity contribution in [3.63, 3.8) is 0 Å². The van der Waals surface area contributed by atoms with Gasteiger partial charge < -0.3 is 16.0 Å². The summed E-state index contributed by atoms with van der Waals surface area (Å²) in [5, 5.41) is 2.74. The smallest absolute Gasteiger partial charge is 0.242 e. The lowest BCUT2D eigenvalue weighted by atomic mass is 9.67. The summed E-state index contributed by atoms with van der Waals surface area (Å²) in [4.78, 5) is 25.9. The zero-order valence-electron chi connectivity index (χ0n) is 9.86. The molecule has 94 valence electrons. The largest absolute Gasteiger partial charge is 0.392 e. The fourth-order valence-corrected chi connectivity index (χ4v) is 2.72. The molecule has 2 amide bonds. The summed E-state index contributed by atoms with van der Waals surface area (Å²) in [6.07, 6.45) is 2.40. The Morgan fingerprint density at radius 3 is 2.71 bits per heavy atom. The minimum Gasteiger partial charge on any atom is -0.392 e. The molecule has 17 heavy (non-hydrogen) atoms. The van der Waals surface area contributed by atoms with Gasteiger partial charge in [0.05, 0.1) is 10.4 Å². The number of nitrogens with two attached hydrogens (primary N) is 1. The molecule has 2 fully saturated rings. The number of nitrogens with one attached hydrogen (secondary N) is 1. The van der Waals surface area contributed by atoms with E-state index in [2.05, 4.69) is 5.32 Å². The number of amides is 2. The van der Waals surface area contributed by atoms with Crippen LogP contribution in [0.2, 0.25) is 0 Å². The Morgan fingerprint density at radius 1 is 1.59 bits per heavy atom. The van der Waals surface area contributed by atoms with E-state index in [1.54, 1.807) is 11.8 Å². The molecule has 1 heterocycles. The molecule has 0 aromatic carbocycles. The highest BCUT2D eigenvalue weighted by Crippen LogP contribution is 2.43. The molecule has 1 aliphatic carbocycles. The van der Waals surface area contributed by atoms with Crippen LogP contribution in [0.1, 0.15) is 26.2 Å². The summed E-state index contributed by atoms with van der Waals surface area (Å²) in [5.41, 5.74) is 5.02. The number of nitrogens with zero attached hydrogens (tertiary/aromatic N) is 1. The first-order chi connectivity index (χ1) is 7.99. The first-order valence-corrected chi connectivity index (χ1v) is 6.28. The Hall–Kier alpha value is -1.17. The van der Waals surface area contributed by atoms with Crippen molar-refractivity contribution in [3.05, 3.63) is 0 Å². The van der Waals surface area contributed by atoms with Gasteiger partial charge in [0.2, 0.25) is 11.8 Å². The maximum atomic E-state index is 12.5. The second kappa shape index (κ2) is 4.25. The molecule has 1 atom stereocenters. The molecule has 1 saturated carbocycles. The molecule has 1 unspecified atom stereocenters. The second-order valence-corrected chi connectivity index (χ2v) is 5.21. The maximum Gasteiger partial charge on any atom is 0.242 e. The van der Waals surface area contributed by atoms with E-state index < -0.39 is 11.5 Å². The van der Waals surface area contributed by atoms with Crippen LogP contribution >= 0.6 is 12.2 Å². The van der Waals surface area contributed by atoms with Crippen molar-refractivity contribution >= 4 is 29.0 Å². The van der Waals surface area contributed by atoms with E-state index >= 15 is 0 Å². The van der Waals surface area contributed by atoms with Gasteiger partial charge in [0, 0.05) is 13.1 Å². The van der Waals surface area contributed by atoms with Crippen molar-refractivity contribution < 1.29 is 9.59 Å². The summed E-state index contributed by atoms with van der Waals surface area (Å²) in [6, 6.07) is -0.428. The first-order valence-electron chi connectivity index (χ1n) is 5.88. The van der Waals surface area contributed by atoms with Crippen LogP contribution in [-0.4, -0.2) is 40.8 Å². The molecule has 0 radical (unpaired) electrons. The lowest BCUT2D eigenvalue weighted by Gasteiger charge is -2.45. The third kappa shape index (κ3) is 1.80. The van der Waals surface area contributed by atoms with Crippen LogP contribution < -0.4 is 11.1 Å². The van der Waals surface area contributed by atoms with E-state index in [-0.39, 0.29) is 16.8 Å². The van der Waals surface area contributed by atoms with Crippen LogP contribution in [-0.2, 0) is 9.59 Å². The van der Waals surface area contributed by atoms with Crippen LogP contribution in [0, 0.1) is 5.41 Å². The van der Waals surface area contributed by atoms with Crippen molar-refractivity contribution in [2.24, 2.45) is 11.1 Å². The number of piperazine rings is 1. The molecule has 0 spiro atoms. The molecule has 2 aliphatic rings. The molecule has 2 rings (SSSR count). The maximum absolute atomic E-state index is 12.5. The second-order valence-electron chi connectivity index (χ2n) is 4.77. The van der Waals surface area contributed by atoms with Crippen molar-refractivity contribution in [2.75, 3.05) is 13.1 Å². The molecule has 0 bridgehead atoms. The number of rotatable bonds is 2. The average molecular weight is 255 g/mol. The molecule has 3 N–H and O–H groups in total. The fourth-order valence-electron chi connectivity index (χ4n) is 2.43. The highest BCUT2D eigenvalue weighted by molar-refractivity contribution is 7.80. The lowest BCUT2D eigenvalue weighted by molar-refractivity contribution is -0.150. The van der Waals surface area contributed by atoms with Gasteiger partial charge in [-0.05, 0) is 19.8 Å². The number of hydrogen-bond donors (Lipinski definition) is 2. The normalized spacial score (nSPS) is 27.0. The van der Waals surface area contributed by atoms with Gasteiger partial charge in [0.25, 0.3) is 0 Å². The summed E-state index contributed by atoms with van der Waals surface area (Å²) in [6.45, 7) is 2.77. The minimum absolute atomic E-state index is 0.0707. The molecule has 1 saturated heterocycles. The van der Waals surface area contributed by atoms with Gasteiger partial charge in [-0.2, -0.15) is 0 Å². The minimum atomic E-state index is -0.679. The Morgan fingerprint density at radius 2 is 2.24 bits per heavy atom. The Labute approximate surface area is 106 Å². The van der Waals surface area contributed by atoms with Crippen LogP contribution in [0.5, 0.6) is 0 Å². The number of hydrogen-bond acceptors (Lipinski definition) is 3. The van der Waals surface area contributed by atoms with E-state index in [1.165, 1.54) is 0 Å². The van der Waals surface area contributed by atoms with Crippen LogP contribution in [0.25, 0.3) is 0 Å². The van der Waals surface area contributed by atoms with Crippen molar-refractivity contribution in [3.8, 4) is 0 Å². The van der Waals surface area contributed by atoms with E-state index in [4.69, 9.17) is 18.0 Å². The molecule has 6 heteroatoms. The molecule has 5 nitrogen and oxygen atoms in total. The zero-order valence-corrected chi connectivity index (χ0v) is 10.7. The van der Waals surface area contributed by atoms with Crippen molar-refractivity contribution in [1.82, 2.24) is 10.2 Å². The van der Waals surface area contributed by atoms with Crippen molar-refractivity contribution in [2.45, 2.75) is 32.2 Å². The summed E-state index contributed by atoms with van der Waals surface area (Å²) in [7, 11) is 0. The van der Waals surface area contributed by atoms with Crippen molar-refractivity contribution in [1.29, 1.82) is 0 Å². The quantitative estimate of drug-likeness (QED) is 0.670. The molecular weight excluding hydrogens is 238 g/mol. The third-order valence-electron chi connectivity index (χ3n) is 3.85. The predicted octanol–water partition coefficient (Wildman–Crippen LogP) is -0.210. The Bertz CT molecular complexity index is 379. The average Bonchev–Trinajstić information content (AvgIpc) is 2.19. The van der Waals surface area contributed by atoms with Gasteiger partial charge >= 0.3 is 0 Å². The lowest BCUT2D eigenvalue weighted by Crippen LogP contribution is -2.62. The molecule has 0 aromatic rings. The summed E-state index contributed by atoms with van der Waals surface area (Å²) < 4.78 is 0. The standard InChI is InChI=1S/C11H17N3O2S/c1-7-8(15)13-5-6-14(7)10(16)11(9(12)17)3-2-4-11/h7H,2-6H2,1H3,(H2,12,17)(H,13,15). The topological polar surface area (TPSA) is 75.4 Å². The summed E-state index contributed by atoms with van der Waals surface area (Å²) in [5.74, 6) is -0.180. The van der Waals surface area contributed by atoms with Gasteiger partial charge in [0.15, 0.2) is 0 Å². The Kier molecular flexibility index (Phi) is 3.07. The van der Waals surface area contributed by atoms with E-state index in [0.29, 0.717) is 25.9 Å². The molecular formula is C11H17N3O2S. The van der Waals surface area contributed by atoms with Gasteiger partial charge in [-0.1, -0.05) is 18.6 Å². The highest BCUT2D eigenvalue weighted by atomic mass is 32.1. The molecule has 1 aliphatic heterocycles. The number of carbonyl (C=O) groups is 2. The Balaban J connectivity index is 2.19. The highest BCUT2D eigenvalue weighted by Gasteiger charge is 2.50. The van der Waals surface area contributed by atoms with E-state index in [1.807, 2.05) is 0 Å². The van der Waals surface area contributed by atoms with Gasteiger partial charge in [-0.15, -0.1) is 0 Å². The van der Waals surface area contributed by atoms with Crippen LogP contribution in [0.15, 0.2) is 0 Å². The van der Waals surface area contributed by atoms with E-state index in [9.17, 15) is 9.59 Å². The van der Waals surface area contributed by atoms with Gasteiger partial charge in [0.1, 0.15) is 6.04 Å². The third-order valence-corrected chi connectivity index (χ3v) is 4.24. The van der Waals surface area contributed by atoms with E-state index in [0.717, 1.165) is 6.42 Å². The number of carbonyl (C=O) groups excluding carboxylic acids is 2. The van der Waals surface area contributed by atoms with Gasteiger partial charge in [-0.3, -0.25) is 9.59 Å². The predicted molar refractivity (Wildman–Crippen MR) is 67.3 cm³/mol. The first kappa shape index (κ1) is 12.3. The monoisotopic (exact) mass is 255 g/mol. The van der Waals surface area contributed by atoms with Crippen LogP contribution in [0.4, 0.5) is 0 Å².